The van der Waals surface area contributed by atoms with Crippen LogP contribution in [0.4, 0.5) is 0 Å². The molecule has 0 amide bonds. The Kier molecular flexibility index (Phi) is 9.72. The number of furan rings is 3. The Labute approximate surface area is 534 Å². The monoisotopic (exact) mass is 1200 g/mol. The fraction of sp³-hybridized carbons (Fsp3) is 0.0345. The molecule has 22 rings (SSSR count). The van der Waals surface area contributed by atoms with Crippen LogP contribution in [0.25, 0.3) is 213 Å². The molecule has 2 bridgehead atoms. The first-order valence-corrected chi connectivity index (χ1v) is 32.9. The molecule has 21 aromatic rings. The molecule has 5 nitrogen and oxygen atoms in total. The first kappa shape index (κ1) is 50.1. The predicted octanol–water partition coefficient (Wildman–Crippen LogP) is 25.3. The molecule has 0 aliphatic heterocycles. The van der Waals surface area contributed by atoms with E-state index in [0.717, 1.165) is 132 Å². The minimum absolute atomic E-state index is 0.0916. The van der Waals surface area contributed by atoms with Gasteiger partial charge in [0.2, 0.25) is 0 Å². The van der Waals surface area contributed by atoms with Gasteiger partial charge in [0, 0.05) is 102 Å². The average Bonchev–Trinajstić information content (AvgIpc) is 1.53. The maximum atomic E-state index is 7.60. The number of aromatic amines is 1. The highest BCUT2D eigenvalue weighted by Crippen LogP contribution is 2.55. The van der Waals surface area contributed by atoms with Crippen molar-refractivity contribution in [2.75, 3.05) is 0 Å². The molecule has 0 unspecified atom stereocenters. The third-order valence-corrected chi connectivity index (χ3v) is 22.3. The minimum atomic E-state index is -0.0916. The molecule has 0 saturated heterocycles. The van der Waals surface area contributed by atoms with Gasteiger partial charge in [0.15, 0.2) is 11.2 Å². The number of rotatable bonds is 4. The lowest BCUT2D eigenvalue weighted by atomic mass is 9.76. The van der Waals surface area contributed by atoms with Crippen molar-refractivity contribution in [1.82, 2.24) is 9.38 Å². The van der Waals surface area contributed by atoms with E-state index in [0.29, 0.717) is 0 Å². The van der Waals surface area contributed by atoms with Gasteiger partial charge in [0.1, 0.15) is 22.3 Å². The van der Waals surface area contributed by atoms with Gasteiger partial charge in [-0.2, -0.15) is 0 Å². The highest BCUT2D eigenvalue weighted by molar-refractivity contribution is 7.25. The van der Waals surface area contributed by atoms with Crippen LogP contribution >= 0.6 is 11.3 Å². The lowest BCUT2D eigenvalue weighted by molar-refractivity contribution is 0.660. The van der Waals surface area contributed by atoms with Gasteiger partial charge in [-0.1, -0.05) is 177 Å². The van der Waals surface area contributed by atoms with Gasteiger partial charge in [-0.3, -0.25) is 0 Å². The normalized spacial score (nSPS) is 13.6. The number of hydrogen-bond donors (Lipinski definition) is 1. The fourth-order valence-corrected chi connectivity index (χ4v) is 18.0. The number of aromatic nitrogens is 2. The number of hydrogen-bond acceptors (Lipinski definition) is 4. The zero-order valence-electron chi connectivity index (χ0n) is 50.4. The van der Waals surface area contributed by atoms with Crippen LogP contribution in [0.3, 0.4) is 0 Å². The van der Waals surface area contributed by atoms with Crippen molar-refractivity contribution < 1.29 is 13.3 Å². The standard InChI is InChI=1S/C87H50N2O3S/c1-45-64-40-52(50-31-38-76-66(39-50)55-19-9-13-26-75(55)93-76)41-65(45)58-33-37-63-79-56(21-14-25-74(79)92-85(63)78(58)46(2)77-57(64)32-34-59-53-17-6-10-22-71(53)88-81(59)77)67-44-70-69-43-51(49-29-27-48(28-30-49)47-15-4-3-5-16-47)42-68-60-35-36-61-54-18-7-11-23-72(54)90-86(61)83(60)89(82(68)69)84(70)87-80(67)62-20-8-12-24-73(62)91-87/h3-44,46,88H,1-2H3/t46-/m1/s1. The summed E-state index contributed by atoms with van der Waals surface area (Å²) in [4.78, 5) is 3.99. The third kappa shape index (κ3) is 6.64. The molecule has 1 aliphatic carbocycles. The molecule has 6 heteroatoms. The lowest BCUT2D eigenvalue weighted by Crippen LogP contribution is -2.07. The summed E-state index contributed by atoms with van der Waals surface area (Å²) in [5.74, 6) is -0.0916. The molecule has 14 aromatic carbocycles. The maximum absolute atomic E-state index is 7.60. The van der Waals surface area contributed by atoms with Gasteiger partial charge in [0.25, 0.3) is 0 Å². The van der Waals surface area contributed by atoms with E-state index < -0.39 is 0 Å². The van der Waals surface area contributed by atoms with Crippen LogP contribution in [0.1, 0.15) is 29.5 Å². The van der Waals surface area contributed by atoms with E-state index in [1.165, 1.54) is 97.5 Å². The van der Waals surface area contributed by atoms with Crippen molar-refractivity contribution in [1.29, 1.82) is 0 Å². The molecule has 0 fully saturated rings. The van der Waals surface area contributed by atoms with Gasteiger partial charge < -0.3 is 22.6 Å². The van der Waals surface area contributed by atoms with E-state index >= 15 is 0 Å². The van der Waals surface area contributed by atoms with Crippen molar-refractivity contribution in [2.45, 2.75) is 19.8 Å². The minimum Gasteiger partial charge on any atom is -0.456 e. The lowest BCUT2D eigenvalue weighted by Gasteiger charge is -2.27. The van der Waals surface area contributed by atoms with E-state index in [2.05, 4.69) is 278 Å². The second-order valence-corrected chi connectivity index (χ2v) is 26.9. The molecule has 0 spiro atoms. The Morgan fingerprint density at radius 2 is 0.892 bits per heavy atom. The molecular weight excluding hydrogens is 1150 g/mol. The largest absolute Gasteiger partial charge is 0.456 e. The van der Waals surface area contributed by atoms with Crippen molar-refractivity contribution in [3.63, 3.8) is 0 Å². The molecule has 93 heavy (non-hydrogen) atoms. The second kappa shape index (κ2) is 18.0. The molecule has 432 valence electrons. The predicted molar refractivity (Wildman–Crippen MR) is 390 cm³/mol. The van der Waals surface area contributed by atoms with Crippen LogP contribution in [-0.4, -0.2) is 9.38 Å². The number of nitrogens with zero attached hydrogens (tertiary/aromatic N) is 1. The van der Waals surface area contributed by atoms with E-state index in [-0.39, 0.29) is 5.92 Å². The van der Waals surface area contributed by atoms with Crippen LogP contribution in [0.15, 0.2) is 268 Å². The summed E-state index contributed by atoms with van der Waals surface area (Å²) in [7, 11) is 0. The van der Waals surface area contributed by atoms with Gasteiger partial charge in [-0.05, 0) is 170 Å². The van der Waals surface area contributed by atoms with Crippen LogP contribution in [0.5, 0.6) is 0 Å². The SMILES string of the molecule is Cc1c2cc(-c3ccc4sc5ccccc5c4c3)cc1-c1ccc3c(oc4cccc(-c5cc6c7cc(-c8ccc(-c9ccccc9)cc8)cc8c9ccc%10c%11ccccc%11oc%10c9n(c87)c6c6oc7ccccc7c56)c43)c1[C@H](C)c1c-2ccc2c1[nH]c1ccccc12. The number of benzene rings is 14. The number of nitrogens with one attached hydrogen (secondary N) is 1. The summed E-state index contributed by atoms with van der Waals surface area (Å²) in [6.45, 7) is 4.72. The van der Waals surface area contributed by atoms with Crippen molar-refractivity contribution >= 4 is 157 Å². The number of thiophene rings is 1. The fourth-order valence-electron chi connectivity index (χ4n) is 16.9. The highest BCUT2D eigenvalue weighted by Gasteiger charge is 2.33. The highest BCUT2D eigenvalue weighted by atomic mass is 32.1. The first-order valence-electron chi connectivity index (χ1n) is 32.1. The summed E-state index contributed by atoms with van der Waals surface area (Å²) in [6, 6.07) is 94.1. The number of fused-ring (bicyclic) bond motifs is 31. The summed E-state index contributed by atoms with van der Waals surface area (Å²) in [5, 5.41) is 16.1. The zero-order chi connectivity index (χ0) is 60.6. The Balaban J connectivity index is 0.830. The molecule has 0 radical (unpaired) electrons. The van der Waals surface area contributed by atoms with Gasteiger partial charge in [-0.15, -0.1) is 11.3 Å². The summed E-state index contributed by atoms with van der Waals surface area (Å²) < 4.78 is 27.1. The number of para-hydroxylation sites is 3. The molecular formula is C87H50N2O3S. The summed E-state index contributed by atoms with van der Waals surface area (Å²) in [5.41, 5.74) is 28.4. The Morgan fingerprint density at radius 1 is 0.323 bits per heavy atom. The van der Waals surface area contributed by atoms with E-state index in [9.17, 15) is 0 Å². The van der Waals surface area contributed by atoms with Crippen molar-refractivity contribution in [3.05, 3.63) is 271 Å². The molecule has 1 aliphatic rings. The summed E-state index contributed by atoms with van der Waals surface area (Å²) in [6.07, 6.45) is 0. The molecule has 1 N–H and O–H groups in total. The average molecular weight is 1200 g/mol. The maximum Gasteiger partial charge on any atom is 0.160 e. The summed E-state index contributed by atoms with van der Waals surface area (Å²) >= 11 is 1.86. The number of H-pyrrole nitrogens is 1. The van der Waals surface area contributed by atoms with E-state index in [4.69, 9.17) is 13.3 Å². The van der Waals surface area contributed by atoms with Crippen LogP contribution in [0, 0.1) is 6.92 Å². The van der Waals surface area contributed by atoms with Crippen molar-refractivity contribution in [3.8, 4) is 66.8 Å². The molecule has 1 atom stereocenters. The second-order valence-electron chi connectivity index (χ2n) is 25.8. The Morgan fingerprint density at radius 3 is 1.72 bits per heavy atom. The van der Waals surface area contributed by atoms with Crippen LogP contribution in [-0.2, 0) is 0 Å². The van der Waals surface area contributed by atoms with Crippen LogP contribution < -0.4 is 0 Å². The topological polar surface area (TPSA) is 59.6 Å². The zero-order valence-corrected chi connectivity index (χ0v) is 51.2. The van der Waals surface area contributed by atoms with Gasteiger partial charge in [0.05, 0.1) is 22.1 Å². The van der Waals surface area contributed by atoms with Crippen molar-refractivity contribution in [2.24, 2.45) is 0 Å². The smallest absolute Gasteiger partial charge is 0.160 e. The van der Waals surface area contributed by atoms with E-state index in [1.54, 1.807) is 0 Å². The Hall–Kier alpha value is -11.7. The molecule has 7 aromatic heterocycles. The quantitative estimate of drug-likeness (QED) is 0.191. The first-order chi connectivity index (χ1) is 45.9. The van der Waals surface area contributed by atoms with Gasteiger partial charge >= 0.3 is 0 Å². The van der Waals surface area contributed by atoms with Gasteiger partial charge in [-0.25, -0.2) is 0 Å². The van der Waals surface area contributed by atoms with E-state index in [1.807, 2.05) is 11.3 Å². The van der Waals surface area contributed by atoms with Crippen LogP contribution in [0.2, 0.25) is 0 Å². The molecule has 7 heterocycles. The third-order valence-electron chi connectivity index (χ3n) is 21.1. The Bertz CT molecular complexity index is 6880. The molecule has 0 saturated carbocycles.